The van der Waals surface area contributed by atoms with Crippen LogP contribution in [0.5, 0.6) is 11.5 Å². The summed E-state index contributed by atoms with van der Waals surface area (Å²) in [6.07, 6.45) is 2.21. The topological polar surface area (TPSA) is 40.5 Å². The average molecular weight is 185 g/mol. The quantitative estimate of drug-likeness (QED) is 0.693. The van der Waals surface area contributed by atoms with Gasteiger partial charge in [0.05, 0.1) is 0 Å². The van der Waals surface area contributed by atoms with E-state index in [1.807, 2.05) is 0 Å². The zero-order valence-corrected chi connectivity index (χ0v) is 7.12. The zero-order valence-electron chi connectivity index (χ0n) is 6.37. The van der Waals surface area contributed by atoms with Crippen molar-refractivity contribution in [1.29, 1.82) is 0 Å². The van der Waals surface area contributed by atoms with Crippen LogP contribution in [0.2, 0.25) is 0 Å². The van der Waals surface area contributed by atoms with Gasteiger partial charge in [-0.25, -0.2) is 0 Å². The van der Waals surface area contributed by atoms with Crippen LogP contribution in [-0.4, -0.2) is 10.2 Å². The van der Waals surface area contributed by atoms with Gasteiger partial charge in [0.15, 0.2) is 0 Å². The highest BCUT2D eigenvalue weighted by Crippen LogP contribution is 2.22. The summed E-state index contributed by atoms with van der Waals surface area (Å²) in [5.41, 5.74) is 2.04. The van der Waals surface area contributed by atoms with Crippen LogP contribution in [0.3, 0.4) is 0 Å². The molecular weight excluding hydrogens is 176 g/mol. The largest absolute Gasteiger partial charge is 0.508 e. The van der Waals surface area contributed by atoms with Crippen molar-refractivity contribution in [3.8, 4) is 11.5 Å². The maximum Gasteiger partial charge on any atom is 0.119 e. The van der Waals surface area contributed by atoms with Crippen LogP contribution in [0.1, 0.15) is 5.56 Å². The maximum absolute atomic E-state index is 9.27. The van der Waals surface area contributed by atoms with Crippen molar-refractivity contribution in [2.24, 2.45) is 0 Å². The first-order valence-corrected chi connectivity index (χ1v) is 3.94. The van der Waals surface area contributed by atoms with E-state index in [0.29, 0.717) is 12.0 Å². The van der Waals surface area contributed by atoms with Gasteiger partial charge in [-0.3, -0.25) is 0 Å². The van der Waals surface area contributed by atoms with Crippen molar-refractivity contribution in [3.05, 3.63) is 35.4 Å². The van der Waals surface area contributed by atoms with E-state index in [1.165, 1.54) is 23.7 Å². The second-order valence-corrected chi connectivity index (χ2v) is 2.63. The fraction of sp³-hybridized carbons (Fsp3) is 0.111. The van der Waals surface area contributed by atoms with E-state index in [4.69, 9.17) is 16.7 Å². The Hall–Kier alpha value is -1.15. The minimum Gasteiger partial charge on any atom is -0.508 e. The molecule has 1 rings (SSSR count). The second kappa shape index (κ2) is 4.02. The lowest BCUT2D eigenvalue weighted by molar-refractivity contribution is 0.455. The lowest BCUT2D eigenvalue weighted by Gasteiger charge is -2.00. The van der Waals surface area contributed by atoms with Crippen LogP contribution in [-0.2, 0) is 6.42 Å². The first-order valence-electron chi connectivity index (χ1n) is 3.50. The lowest BCUT2D eigenvalue weighted by Crippen LogP contribution is -1.81. The van der Waals surface area contributed by atoms with Crippen molar-refractivity contribution >= 4 is 11.6 Å². The van der Waals surface area contributed by atoms with Crippen LogP contribution in [0, 0.1) is 0 Å². The third-order valence-electron chi connectivity index (χ3n) is 1.49. The molecule has 0 aliphatic heterocycles. The molecule has 2 nitrogen and oxygen atoms in total. The summed E-state index contributed by atoms with van der Waals surface area (Å²) in [6, 6.07) is 4.39. The molecule has 0 aromatic heterocycles. The Morgan fingerprint density at radius 2 is 2.08 bits per heavy atom. The predicted octanol–water partition coefficient (Wildman–Crippen LogP) is 2.39. The van der Waals surface area contributed by atoms with E-state index in [9.17, 15) is 5.11 Å². The number of allylic oxidation sites excluding steroid dienone is 1. The number of hydrogen-bond donors (Lipinski definition) is 2. The Morgan fingerprint density at radius 3 is 2.75 bits per heavy atom. The first kappa shape index (κ1) is 8.94. The third-order valence-corrected chi connectivity index (χ3v) is 1.67. The highest BCUT2D eigenvalue weighted by Gasteiger charge is 1.99. The van der Waals surface area contributed by atoms with Gasteiger partial charge in [0, 0.05) is 11.1 Å². The predicted molar refractivity (Wildman–Crippen MR) is 48.5 cm³/mol. The molecule has 0 atom stereocenters. The molecule has 0 unspecified atom stereocenters. The molecule has 0 heterocycles. The molecule has 0 aliphatic rings. The molecule has 2 N–H and O–H groups in total. The van der Waals surface area contributed by atoms with E-state index in [1.54, 1.807) is 6.08 Å². The van der Waals surface area contributed by atoms with Crippen LogP contribution in [0.25, 0.3) is 0 Å². The maximum atomic E-state index is 9.27. The molecule has 0 amide bonds. The van der Waals surface area contributed by atoms with E-state index in [0.717, 1.165) is 0 Å². The molecule has 1 aromatic rings. The highest BCUT2D eigenvalue weighted by atomic mass is 35.5. The Morgan fingerprint density at radius 1 is 1.33 bits per heavy atom. The molecule has 64 valence electrons. The number of halogens is 1. The van der Waals surface area contributed by atoms with Crippen LogP contribution >= 0.6 is 11.6 Å². The van der Waals surface area contributed by atoms with Gasteiger partial charge in [-0.05, 0) is 24.6 Å². The Bertz CT molecular complexity index is 295. The van der Waals surface area contributed by atoms with Gasteiger partial charge in [-0.15, -0.1) is 0 Å². The zero-order chi connectivity index (χ0) is 8.97. The number of rotatable bonds is 2. The van der Waals surface area contributed by atoms with Crippen LogP contribution in [0.15, 0.2) is 29.8 Å². The van der Waals surface area contributed by atoms with Gasteiger partial charge < -0.3 is 10.2 Å². The molecule has 0 saturated carbocycles. The minimum absolute atomic E-state index is 0.144. The van der Waals surface area contributed by atoms with Crippen molar-refractivity contribution in [1.82, 2.24) is 0 Å². The van der Waals surface area contributed by atoms with Crippen LogP contribution < -0.4 is 0 Å². The van der Waals surface area contributed by atoms with E-state index in [2.05, 4.69) is 0 Å². The molecule has 0 radical (unpaired) electrons. The van der Waals surface area contributed by atoms with Crippen molar-refractivity contribution in [2.45, 2.75) is 6.42 Å². The molecule has 0 saturated heterocycles. The van der Waals surface area contributed by atoms with E-state index in [-0.39, 0.29) is 11.5 Å². The van der Waals surface area contributed by atoms with Gasteiger partial charge in [-0.2, -0.15) is 0 Å². The summed E-state index contributed by atoms with van der Waals surface area (Å²) in [7, 11) is 0. The summed E-state index contributed by atoms with van der Waals surface area (Å²) in [6.45, 7) is 0. The monoisotopic (exact) mass is 184 g/mol. The lowest BCUT2D eigenvalue weighted by atomic mass is 10.1. The molecule has 0 aliphatic carbocycles. The smallest absolute Gasteiger partial charge is 0.119 e. The first-order chi connectivity index (χ1) is 5.74. The second-order valence-electron chi connectivity index (χ2n) is 2.38. The Labute approximate surface area is 75.7 Å². The third kappa shape index (κ3) is 2.17. The average Bonchev–Trinajstić information content (AvgIpc) is 2.07. The summed E-state index contributed by atoms with van der Waals surface area (Å²) in [5, 5.41) is 18.3. The van der Waals surface area contributed by atoms with Gasteiger partial charge in [0.25, 0.3) is 0 Å². The van der Waals surface area contributed by atoms with Gasteiger partial charge >= 0.3 is 0 Å². The highest BCUT2D eigenvalue weighted by molar-refractivity contribution is 6.25. The molecule has 0 fully saturated rings. The molecule has 1 aromatic carbocycles. The fourth-order valence-electron chi connectivity index (χ4n) is 0.907. The standard InChI is InChI=1S/C9H9ClO2/c10-5-1-2-7-6-8(11)3-4-9(7)12/h1,3-6,11-12H,2H2. The number of benzene rings is 1. The molecule has 3 heteroatoms. The number of hydrogen-bond acceptors (Lipinski definition) is 2. The van der Waals surface area contributed by atoms with Crippen molar-refractivity contribution < 1.29 is 10.2 Å². The Balaban J connectivity index is 2.89. The van der Waals surface area contributed by atoms with Gasteiger partial charge in [0.1, 0.15) is 11.5 Å². The molecule has 0 bridgehead atoms. The molecular formula is C9H9ClO2. The van der Waals surface area contributed by atoms with Crippen molar-refractivity contribution in [2.75, 3.05) is 0 Å². The minimum atomic E-state index is 0.144. The molecule has 12 heavy (non-hydrogen) atoms. The Kier molecular flexibility index (Phi) is 3.00. The summed E-state index contributed by atoms with van der Waals surface area (Å²) < 4.78 is 0. The number of aromatic hydroxyl groups is 2. The number of phenolic OH excluding ortho intramolecular Hbond substituents is 2. The summed E-state index contributed by atoms with van der Waals surface area (Å²) >= 11 is 5.32. The summed E-state index contributed by atoms with van der Waals surface area (Å²) in [4.78, 5) is 0. The normalized spacial score (nSPS) is 10.8. The van der Waals surface area contributed by atoms with E-state index < -0.39 is 0 Å². The SMILES string of the molecule is Oc1ccc(O)c(CC=CCl)c1. The van der Waals surface area contributed by atoms with Gasteiger partial charge in [0.2, 0.25) is 0 Å². The van der Waals surface area contributed by atoms with Crippen LogP contribution in [0.4, 0.5) is 0 Å². The summed E-state index contributed by atoms with van der Waals surface area (Å²) in [5.74, 6) is 0.313. The number of phenols is 2. The van der Waals surface area contributed by atoms with Gasteiger partial charge in [-0.1, -0.05) is 17.7 Å². The molecule has 0 spiro atoms. The van der Waals surface area contributed by atoms with E-state index >= 15 is 0 Å². The fourth-order valence-corrected chi connectivity index (χ4v) is 0.996. The van der Waals surface area contributed by atoms with Crippen molar-refractivity contribution in [3.63, 3.8) is 0 Å².